The molecular formula is C28H30N6O. The molecule has 3 heterocycles. The van der Waals surface area contributed by atoms with Gasteiger partial charge in [-0.25, -0.2) is 9.78 Å². The van der Waals surface area contributed by atoms with Crippen molar-refractivity contribution in [1.29, 1.82) is 0 Å². The lowest BCUT2D eigenvalue weighted by molar-refractivity contribution is 0.162. The maximum atomic E-state index is 12.5. The Balaban J connectivity index is 1.22. The van der Waals surface area contributed by atoms with E-state index < -0.39 is 0 Å². The summed E-state index contributed by atoms with van der Waals surface area (Å²) < 4.78 is 4.07. The van der Waals surface area contributed by atoms with Crippen molar-refractivity contribution >= 4 is 28.0 Å². The molecule has 0 bridgehead atoms. The molecule has 1 aliphatic heterocycles. The summed E-state index contributed by atoms with van der Waals surface area (Å²) >= 11 is 0. The first-order valence-corrected chi connectivity index (χ1v) is 12.5. The Morgan fingerprint density at radius 2 is 1.66 bits per heavy atom. The predicted octanol–water partition coefficient (Wildman–Crippen LogP) is 4.98. The Morgan fingerprint density at radius 3 is 2.54 bits per heavy atom. The summed E-state index contributed by atoms with van der Waals surface area (Å²) in [5.41, 5.74) is 5.03. The number of nitrogens with zero attached hydrogens (tertiary/aromatic N) is 4. The monoisotopic (exact) mass is 466 g/mol. The number of rotatable bonds is 7. The Hall–Kier alpha value is -3.84. The molecule has 1 atom stereocenters. The highest BCUT2D eigenvalue weighted by Crippen LogP contribution is 2.27. The van der Waals surface area contributed by atoms with Crippen LogP contribution in [0.3, 0.4) is 0 Å². The molecule has 2 aromatic heterocycles. The van der Waals surface area contributed by atoms with Gasteiger partial charge in [0.15, 0.2) is 0 Å². The van der Waals surface area contributed by atoms with Gasteiger partial charge in [-0.1, -0.05) is 42.5 Å². The van der Waals surface area contributed by atoms with Crippen LogP contribution in [0.5, 0.6) is 0 Å². The molecule has 0 spiro atoms. The lowest BCUT2D eigenvalue weighted by Gasteiger charge is -2.36. The van der Waals surface area contributed by atoms with E-state index >= 15 is 0 Å². The van der Waals surface area contributed by atoms with Gasteiger partial charge in [0.2, 0.25) is 5.95 Å². The number of hydrogen-bond acceptors (Lipinski definition) is 4. The van der Waals surface area contributed by atoms with Gasteiger partial charge in [0.05, 0.1) is 28.2 Å². The number of aryl methyl sites for hydroxylation is 1. The van der Waals surface area contributed by atoms with Gasteiger partial charge in [0.25, 0.3) is 0 Å². The second-order valence-electron chi connectivity index (χ2n) is 9.24. The number of likely N-dealkylation sites (tertiary alicyclic amines) is 1. The topological polar surface area (TPSA) is 70.9 Å². The number of piperidine rings is 1. The number of para-hydroxylation sites is 5. The Labute approximate surface area is 204 Å². The molecule has 2 N–H and O–H groups in total. The third kappa shape index (κ3) is 4.23. The normalized spacial score (nSPS) is 16.7. The molecule has 6 rings (SSSR count). The van der Waals surface area contributed by atoms with Gasteiger partial charge in [-0.05, 0) is 62.1 Å². The maximum absolute atomic E-state index is 12.5. The van der Waals surface area contributed by atoms with Crippen LogP contribution < -0.4 is 11.0 Å². The summed E-state index contributed by atoms with van der Waals surface area (Å²) in [6.45, 7) is 2.68. The largest absolute Gasteiger partial charge is 0.340 e. The highest BCUT2D eigenvalue weighted by molar-refractivity contribution is 5.81. The summed E-state index contributed by atoms with van der Waals surface area (Å²) in [7, 11) is 0. The molecule has 7 nitrogen and oxygen atoms in total. The zero-order valence-corrected chi connectivity index (χ0v) is 19.7. The molecule has 35 heavy (non-hydrogen) atoms. The maximum Gasteiger partial charge on any atom is 0.326 e. The van der Waals surface area contributed by atoms with Crippen LogP contribution >= 0.6 is 0 Å². The van der Waals surface area contributed by atoms with E-state index in [1.165, 1.54) is 12.8 Å². The molecule has 5 aromatic rings. The fourth-order valence-corrected chi connectivity index (χ4v) is 5.29. The summed E-state index contributed by atoms with van der Waals surface area (Å²) in [4.78, 5) is 22.9. The summed E-state index contributed by atoms with van der Waals surface area (Å²) in [5, 5.41) is 3.78. The predicted molar refractivity (Wildman–Crippen MR) is 141 cm³/mol. The lowest BCUT2D eigenvalue weighted by atomic mass is 10.1. The number of hydrogen-bond donors (Lipinski definition) is 2. The van der Waals surface area contributed by atoms with E-state index in [9.17, 15) is 4.79 Å². The van der Waals surface area contributed by atoms with Crippen molar-refractivity contribution in [3.05, 3.63) is 89.3 Å². The van der Waals surface area contributed by atoms with Gasteiger partial charge in [-0.3, -0.25) is 14.0 Å². The molecule has 0 saturated carbocycles. The highest BCUT2D eigenvalue weighted by atomic mass is 16.1. The van der Waals surface area contributed by atoms with E-state index in [-0.39, 0.29) is 11.9 Å². The second-order valence-corrected chi connectivity index (χ2v) is 9.24. The van der Waals surface area contributed by atoms with Gasteiger partial charge < -0.3 is 10.3 Å². The molecular weight excluding hydrogens is 436 g/mol. The van der Waals surface area contributed by atoms with Crippen molar-refractivity contribution in [1.82, 2.24) is 24.0 Å². The minimum atomic E-state index is -0.0314. The van der Waals surface area contributed by atoms with Crippen molar-refractivity contribution in [2.75, 3.05) is 18.4 Å². The number of imidazole rings is 2. The van der Waals surface area contributed by atoms with Crippen LogP contribution in [0.2, 0.25) is 0 Å². The third-order valence-electron chi connectivity index (χ3n) is 6.99. The standard InChI is InChI=1S/C28H30N6O/c35-28-30-22-13-4-6-15-24(22)33(28)20-10-19-32-18-9-8-17-26(32)31-27-29-23-14-5-7-16-25(23)34(27)21-11-2-1-3-12-21/h1-7,11-16,26H,8-10,17-20H2,(H,29,31)(H,30,35). The Bertz CT molecular complexity index is 1500. The van der Waals surface area contributed by atoms with Crippen molar-refractivity contribution < 1.29 is 0 Å². The van der Waals surface area contributed by atoms with E-state index in [4.69, 9.17) is 4.98 Å². The minimum Gasteiger partial charge on any atom is -0.340 e. The first-order valence-electron chi connectivity index (χ1n) is 12.5. The zero-order chi connectivity index (χ0) is 23.6. The van der Waals surface area contributed by atoms with Crippen LogP contribution in [-0.2, 0) is 6.54 Å². The molecule has 3 aromatic carbocycles. The molecule has 178 valence electrons. The van der Waals surface area contributed by atoms with Crippen LogP contribution in [0, 0.1) is 0 Å². The smallest absolute Gasteiger partial charge is 0.326 e. The first-order chi connectivity index (χ1) is 17.3. The molecule has 0 amide bonds. The summed E-state index contributed by atoms with van der Waals surface area (Å²) in [6.07, 6.45) is 4.59. The Morgan fingerprint density at radius 1 is 0.886 bits per heavy atom. The van der Waals surface area contributed by atoms with Crippen LogP contribution in [0.15, 0.2) is 83.7 Å². The lowest BCUT2D eigenvalue weighted by Crippen LogP contribution is -2.45. The summed E-state index contributed by atoms with van der Waals surface area (Å²) in [5.74, 6) is 0.877. The molecule has 1 saturated heterocycles. The number of anilines is 1. The number of H-pyrrole nitrogens is 1. The third-order valence-corrected chi connectivity index (χ3v) is 6.99. The zero-order valence-electron chi connectivity index (χ0n) is 19.7. The van der Waals surface area contributed by atoms with Crippen molar-refractivity contribution in [3.63, 3.8) is 0 Å². The molecule has 1 aliphatic rings. The average Bonchev–Trinajstić information content (AvgIpc) is 3.42. The van der Waals surface area contributed by atoms with E-state index in [2.05, 4.69) is 62.2 Å². The van der Waals surface area contributed by atoms with Crippen LogP contribution in [0.4, 0.5) is 5.95 Å². The molecule has 1 fully saturated rings. The number of aromatic amines is 1. The van der Waals surface area contributed by atoms with Crippen LogP contribution in [-0.4, -0.2) is 43.3 Å². The number of fused-ring (bicyclic) bond motifs is 2. The summed E-state index contributed by atoms with van der Waals surface area (Å²) in [6, 6.07) is 26.6. The first kappa shape index (κ1) is 21.7. The SMILES string of the molecule is O=c1[nH]c2ccccc2n1CCCN1CCCCC1Nc1nc2ccccc2n1-c1ccccc1. The van der Waals surface area contributed by atoms with Crippen LogP contribution in [0.25, 0.3) is 27.8 Å². The number of nitrogens with one attached hydrogen (secondary N) is 2. The van der Waals surface area contributed by atoms with Crippen LogP contribution in [0.1, 0.15) is 25.7 Å². The van der Waals surface area contributed by atoms with Crippen molar-refractivity contribution in [2.24, 2.45) is 0 Å². The van der Waals surface area contributed by atoms with Gasteiger partial charge in [0, 0.05) is 25.3 Å². The van der Waals surface area contributed by atoms with Crippen molar-refractivity contribution in [2.45, 2.75) is 38.4 Å². The fraction of sp³-hybridized carbons (Fsp3) is 0.286. The highest BCUT2D eigenvalue weighted by Gasteiger charge is 2.24. The number of aromatic nitrogens is 4. The minimum absolute atomic E-state index is 0.0314. The van der Waals surface area contributed by atoms with Gasteiger partial charge >= 0.3 is 5.69 Å². The van der Waals surface area contributed by atoms with E-state index in [1.54, 1.807) is 0 Å². The Kier molecular flexibility index (Phi) is 5.84. The fourth-order valence-electron chi connectivity index (χ4n) is 5.29. The number of benzene rings is 3. The van der Waals surface area contributed by atoms with E-state index in [0.717, 1.165) is 59.6 Å². The second kappa shape index (κ2) is 9.43. The quantitative estimate of drug-likeness (QED) is 0.355. The van der Waals surface area contributed by atoms with E-state index in [1.807, 2.05) is 41.0 Å². The molecule has 7 heteroatoms. The molecule has 0 aliphatic carbocycles. The van der Waals surface area contributed by atoms with Gasteiger partial charge in [-0.2, -0.15) is 0 Å². The van der Waals surface area contributed by atoms with Gasteiger partial charge in [0.1, 0.15) is 0 Å². The molecule has 1 unspecified atom stereocenters. The van der Waals surface area contributed by atoms with E-state index in [0.29, 0.717) is 6.54 Å². The van der Waals surface area contributed by atoms with Gasteiger partial charge in [-0.15, -0.1) is 0 Å². The average molecular weight is 467 g/mol. The van der Waals surface area contributed by atoms with Crippen molar-refractivity contribution in [3.8, 4) is 5.69 Å². The molecule has 0 radical (unpaired) electrons.